The Morgan fingerprint density at radius 3 is 0.992 bits per heavy atom. The summed E-state index contributed by atoms with van der Waals surface area (Å²) in [5, 5.41) is 63.7. The fourth-order valence-corrected chi connectivity index (χ4v) is 20.3. The number of aryl methyl sites for hydroxylation is 2. The van der Waals surface area contributed by atoms with Crippen LogP contribution in [0.15, 0.2) is 147 Å². The number of carbonyl (C=O) groups is 6. The molecule has 9 aliphatic heterocycles. The van der Waals surface area contributed by atoms with Gasteiger partial charge in [0, 0.05) is 98.2 Å². The summed E-state index contributed by atoms with van der Waals surface area (Å²) >= 11 is 1.84. The van der Waals surface area contributed by atoms with Crippen LogP contribution in [0.4, 0.5) is 39.5 Å². The minimum absolute atomic E-state index is 0.100. The molecular weight excluding hydrogens is 1610 g/mol. The standard InChI is InChI=1S/C28H38NO5.C28H38NO4.C26H36NO4S.3C2HF3O2/c30-27(28(31,26-13-7-19-33-26)23-9-3-1-4-10-23)34-25-21-29(17-14-22(25)15-18-29)16-8-20-32-24-11-5-2-6-12-24;30-27(28(31,26-14-8-20-32-26)24-12-5-2-6-13-24)33-25-21-29(18-15-23(25)16-19-29)17-7-11-22-9-3-1-4-10-22;28-25(26(29,24-11-5-17-30-24)21-7-2-1-3-8-21)31-23-19-27(15-12-20(23)13-16-27)14-4-9-22-10-6-18-32-22;3*3-2(4,5)1(6)7/h2,5-7,11-13,19,22-23,25,31H,1,3-4,8-10,14-18,20-21H2;1,3-4,8-10,14,20,23-25,31H,2,5-7,11-13,15-19,21H2;5-6,10-11,17-18,20-21,23,29H,1-4,7-9,12-16,19H2;3*(H,6,7)/q3*+1;;;/p-3/t22?,25-,28+,29?;23?,25-,28-,29?;20?,23-,26+,27?;;;/m000.../s1. The fourth-order valence-electron chi connectivity index (χ4n) is 19.6. The number of hydrogen-bond acceptors (Lipinski definition) is 20. The van der Waals surface area contributed by atoms with Crippen molar-refractivity contribution in [3.63, 3.8) is 0 Å². The predicted molar refractivity (Wildman–Crippen MR) is 412 cm³/mol. The van der Waals surface area contributed by atoms with Crippen LogP contribution in [0.1, 0.15) is 182 Å². The van der Waals surface area contributed by atoms with Crippen LogP contribution in [0.25, 0.3) is 0 Å². The van der Waals surface area contributed by atoms with Crippen LogP contribution in [0, 0.1) is 35.5 Å². The van der Waals surface area contributed by atoms with Gasteiger partial charge in [0.15, 0.2) is 18.3 Å². The number of hydrogen-bond donors (Lipinski definition) is 3. The molecule has 2 aromatic carbocycles. The molecular formula is C88H112F9N3O19S. The van der Waals surface area contributed by atoms with E-state index in [4.69, 9.17) is 61.9 Å². The fraction of sp³-hybridized carbons (Fsp3) is 0.614. The third-order valence-corrected chi connectivity index (χ3v) is 27.1. The van der Waals surface area contributed by atoms with Gasteiger partial charge in [0.05, 0.1) is 84.3 Å². The number of piperidine rings is 9. The number of nitrogens with zero attached hydrogens (tertiary/aromatic N) is 3. The monoisotopic (exact) mass is 1720 g/mol. The minimum atomic E-state index is -5.19. The lowest BCUT2D eigenvalue weighted by Crippen LogP contribution is -2.65. The van der Waals surface area contributed by atoms with Gasteiger partial charge in [-0.15, -0.1) is 11.3 Å². The maximum atomic E-state index is 13.6. The van der Waals surface area contributed by atoms with Crippen LogP contribution in [0.5, 0.6) is 5.75 Å². The van der Waals surface area contributed by atoms with Crippen molar-refractivity contribution in [2.45, 2.75) is 221 Å². The summed E-state index contributed by atoms with van der Waals surface area (Å²) in [5.41, 5.74) is -3.64. The van der Waals surface area contributed by atoms with E-state index in [1.54, 1.807) is 42.7 Å². The quantitative estimate of drug-likeness (QED) is 0.0158. The SMILES string of the molecule is O=C(O[C@H]1C[N+]2(CCCOc3ccccc3)CCC1CC2)[C@](O)(c1ccco1)C1CCCCC1.O=C(O[C@H]1C[N+]2(CCCc3ccccc3)CCC1CC2)[C@@](O)(c1ccco1)C1CCCCC1.O=C(O[C@H]1C[N+]2(CCCc3cccs3)CCC1CC2)[C@](O)(c1ccco1)C1CCCCC1.O=C([O-])C(F)(F)F.O=C([O-])C(F)(F)F.O=C([O-])C(F)(F)F. The van der Waals surface area contributed by atoms with Gasteiger partial charge >= 0.3 is 36.4 Å². The second-order valence-electron chi connectivity index (χ2n) is 33.8. The number of aliphatic carboxylic acids is 3. The Labute approximate surface area is 696 Å². The van der Waals surface area contributed by atoms with E-state index in [2.05, 4.69) is 47.8 Å². The molecule has 0 amide bonds. The third-order valence-electron chi connectivity index (χ3n) is 26.2. The number of alkyl halides is 9. The molecule has 120 heavy (non-hydrogen) atoms. The Bertz CT molecular complexity index is 4040. The van der Waals surface area contributed by atoms with Crippen molar-refractivity contribution < 1.29 is 145 Å². The number of fused-ring (bicyclic) bond motifs is 9. The van der Waals surface area contributed by atoms with E-state index in [9.17, 15) is 69.2 Å². The number of thiophene rings is 1. The Morgan fingerprint density at radius 1 is 0.392 bits per heavy atom. The molecule has 0 spiro atoms. The lowest BCUT2D eigenvalue weighted by molar-refractivity contribution is -0.946. The van der Waals surface area contributed by atoms with E-state index in [0.29, 0.717) is 41.6 Å². The highest BCUT2D eigenvalue weighted by molar-refractivity contribution is 7.09. The third kappa shape index (κ3) is 24.8. The predicted octanol–water partition coefficient (Wildman–Crippen LogP) is 12.3. The number of furan rings is 3. The smallest absolute Gasteiger partial charge is 0.430 e. The van der Waals surface area contributed by atoms with Crippen LogP contribution in [-0.2, 0) is 72.6 Å². The molecule has 6 atom stereocenters. The van der Waals surface area contributed by atoms with Crippen molar-refractivity contribution in [2.24, 2.45) is 35.5 Å². The molecule has 12 fully saturated rings. The van der Waals surface area contributed by atoms with Gasteiger partial charge in [-0.2, -0.15) is 39.5 Å². The van der Waals surface area contributed by atoms with Crippen molar-refractivity contribution in [1.82, 2.24) is 0 Å². The minimum Gasteiger partial charge on any atom is -0.542 e. The van der Waals surface area contributed by atoms with E-state index in [0.717, 1.165) is 232 Å². The molecule has 22 nitrogen and oxygen atoms in total. The van der Waals surface area contributed by atoms with Gasteiger partial charge in [-0.25, -0.2) is 14.4 Å². The van der Waals surface area contributed by atoms with Crippen molar-refractivity contribution >= 4 is 47.2 Å². The number of quaternary nitrogens is 3. The Balaban J connectivity index is 0.000000168. The van der Waals surface area contributed by atoms with Crippen LogP contribution in [0.2, 0.25) is 0 Å². The summed E-state index contributed by atoms with van der Waals surface area (Å²) in [7, 11) is 0. The Hall–Kier alpha value is -8.27. The van der Waals surface area contributed by atoms with Gasteiger partial charge in [0.2, 0.25) is 16.8 Å². The second kappa shape index (κ2) is 42.2. The summed E-state index contributed by atoms with van der Waals surface area (Å²) in [4.78, 5) is 68.5. The molecule has 0 unspecified atom stereocenters. The Kier molecular flexibility index (Phi) is 33.1. The summed E-state index contributed by atoms with van der Waals surface area (Å²) in [6, 6.07) is 35.4. The highest BCUT2D eigenvalue weighted by Gasteiger charge is 2.58. The number of ether oxygens (including phenoxy) is 4. The van der Waals surface area contributed by atoms with Gasteiger partial charge in [-0.1, -0.05) is 112 Å². The van der Waals surface area contributed by atoms with Crippen molar-refractivity contribution in [3.05, 3.63) is 161 Å². The first-order chi connectivity index (χ1) is 57.1. The number of carbonyl (C=O) groups excluding carboxylic acids is 6. The summed E-state index contributed by atoms with van der Waals surface area (Å²) < 4.78 is 139. The summed E-state index contributed by atoms with van der Waals surface area (Å²) in [5.74, 6) is -7.81. The van der Waals surface area contributed by atoms with Crippen LogP contribution < -0.4 is 20.1 Å². The lowest BCUT2D eigenvalue weighted by atomic mass is 9.75. The van der Waals surface area contributed by atoms with E-state index in [-0.39, 0.29) is 36.1 Å². The highest BCUT2D eigenvalue weighted by Crippen LogP contribution is 2.48. The molecule has 3 saturated carbocycles. The molecule has 13 heterocycles. The first-order valence-corrected chi connectivity index (χ1v) is 43.0. The van der Waals surface area contributed by atoms with E-state index in [1.807, 2.05) is 41.7 Å². The van der Waals surface area contributed by atoms with Gasteiger partial charge in [0.25, 0.3) is 0 Å². The number of para-hydroxylation sites is 1. The number of carboxylic acid groups (broad SMARTS) is 3. The second-order valence-corrected chi connectivity index (χ2v) is 34.8. The molecule has 12 aliphatic rings. The number of halogens is 9. The molecule has 18 rings (SSSR count). The van der Waals surface area contributed by atoms with Gasteiger partial charge in [-0.05, 0) is 117 Å². The largest absolute Gasteiger partial charge is 0.542 e. The van der Waals surface area contributed by atoms with Gasteiger partial charge < -0.3 is 90.7 Å². The van der Waals surface area contributed by atoms with Crippen LogP contribution in [-0.4, -0.2) is 187 Å². The van der Waals surface area contributed by atoms with E-state index >= 15 is 0 Å². The van der Waals surface area contributed by atoms with Crippen molar-refractivity contribution in [3.8, 4) is 5.75 Å². The zero-order valence-electron chi connectivity index (χ0n) is 67.5. The average Bonchev–Trinajstić information content (AvgIpc) is 1.33. The maximum Gasteiger partial charge on any atom is 0.430 e. The van der Waals surface area contributed by atoms with E-state index in [1.165, 1.54) is 55.6 Å². The molecule has 6 aromatic rings. The number of esters is 3. The number of rotatable bonds is 25. The molecule has 9 saturated heterocycles. The normalized spacial score (nSPS) is 26.3. The topological polar surface area (TPSA) is 309 Å². The Morgan fingerprint density at radius 2 is 0.700 bits per heavy atom. The number of benzene rings is 2. The average molecular weight is 1720 g/mol. The molecule has 4 aromatic heterocycles. The van der Waals surface area contributed by atoms with E-state index < -0.39 is 71.1 Å². The number of carboxylic acids is 3. The van der Waals surface area contributed by atoms with Gasteiger partial charge in [0.1, 0.15) is 60.6 Å². The van der Waals surface area contributed by atoms with Crippen molar-refractivity contribution in [2.75, 3.05) is 85.1 Å². The summed E-state index contributed by atoms with van der Waals surface area (Å²) in [6.07, 6.45) is 15.4. The first kappa shape index (κ1) is 94.0. The first-order valence-electron chi connectivity index (χ1n) is 42.2. The highest BCUT2D eigenvalue weighted by atomic mass is 32.1. The zero-order valence-corrected chi connectivity index (χ0v) is 68.3. The molecule has 3 aliphatic carbocycles. The molecule has 6 bridgehead atoms. The lowest BCUT2D eigenvalue weighted by Gasteiger charge is -2.52. The van der Waals surface area contributed by atoms with Crippen LogP contribution in [0.3, 0.4) is 0 Å². The number of aliphatic hydroxyl groups is 3. The maximum absolute atomic E-state index is 13.6. The molecule has 32 heteroatoms. The van der Waals surface area contributed by atoms with Crippen LogP contribution >= 0.6 is 11.3 Å². The molecule has 0 radical (unpaired) electrons. The zero-order chi connectivity index (χ0) is 86.4. The van der Waals surface area contributed by atoms with Crippen molar-refractivity contribution in [1.29, 1.82) is 0 Å². The van der Waals surface area contributed by atoms with Gasteiger partial charge in [-0.3, -0.25) is 0 Å². The molecule has 662 valence electrons. The molecule has 3 N–H and O–H groups in total. The summed E-state index contributed by atoms with van der Waals surface area (Å²) in [6.45, 7) is 13.6.